The summed E-state index contributed by atoms with van der Waals surface area (Å²) in [6.45, 7) is -1.64. The molecule has 0 bridgehead atoms. The SMILES string of the molecule is O=C(O)c1cc(O)c2c(c1)[C@@H]([C@@H]1c3cc(C(=O)O)cc(O)c3C(=O)c3c(O[C@H]4O[C@H](CO)[C@@H](O)[C@H](O)[C@H]4O)cccc31)c1cccc(OC3O[C@H](CO)[C@@H](O)[C@H](O)[C@H]3O)c1C2=O. The predicted molar refractivity (Wildman–Crippen MR) is 202 cm³/mol. The topological polar surface area (TPSA) is 348 Å². The van der Waals surface area contributed by atoms with Crippen LogP contribution in [-0.2, 0) is 9.47 Å². The lowest BCUT2D eigenvalue weighted by Crippen LogP contribution is -2.60. The second kappa shape index (κ2) is 16.0. The number of aromatic hydroxyl groups is 2. The van der Waals surface area contributed by atoms with Crippen LogP contribution in [0.1, 0.15) is 86.6 Å². The molecule has 2 heterocycles. The summed E-state index contributed by atoms with van der Waals surface area (Å²) in [5.41, 5.74) is -2.87. The molecule has 0 spiro atoms. The zero-order valence-corrected chi connectivity index (χ0v) is 31.7. The van der Waals surface area contributed by atoms with Crippen molar-refractivity contribution in [3.63, 3.8) is 0 Å². The van der Waals surface area contributed by atoms with Crippen LogP contribution in [0.4, 0.5) is 0 Å². The fraction of sp³-hybridized carbons (Fsp3) is 0.333. The maximum atomic E-state index is 14.7. The van der Waals surface area contributed by atoms with E-state index in [1.54, 1.807) is 0 Å². The maximum Gasteiger partial charge on any atom is 0.335 e. The minimum atomic E-state index is -1.94. The summed E-state index contributed by atoms with van der Waals surface area (Å²) < 4.78 is 23.0. The number of fused-ring (bicyclic) bond motifs is 4. The van der Waals surface area contributed by atoms with E-state index in [9.17, 15) is 80.5 Å². The van der Waals surface area contributed by atoms with E-state index in [2.05, 4.69) is 0 Å². The standard InChI is InChI=1S/C42H38O20/c43-11-23-31(47)35(51)37(53)41(61-23)59-21-5-1-3-15-25(17-7-13(39(55)56)9-19(45)27(17)33(49)29(15)21)26-16-4-2-6-22(60-42-38(54)36(52)32(48)24(12-44)62-42)30(16)34(50)28-18(26)8-14(40(57)58)10-20(28)46/h1-10,23-26,31-32,35-38,41-48,51-54H,11-12H2,(H,55,56)(H,57,58)/t23-,24-,25+,26+,31-,32-,35+,36+,37-,38-,41+,42?/m1/s1. The number of aromatic carboxylic acids is 2. The highest BCUT2D eigenvalue weighted by atomic mass is 16.7. The first kappa shape index (κ1) is 42.6. The number of carbonyl (C=O) groups is 4. The number of hydrogen-bond acceptors (Lipinski definition) is 18. The van der Waals surface area contributed by atoms with Crippen molar-refractivity contribution >= 4 is 23.5 Å². The summed E-state index contributed by atoms with van der Waals surface area (Å²) in [4.78, 5) is 54.2. The van der Waals surface area contributed by atoms with Crippen molar-refractivity contribution < 1.29 is 99.4 Å². The third-order valence-electron chi connectivity index (χ3n) is 11.7. The third-order valence-corrected chi connectivity index (χ3v) is 11.7. The highest BCUT2D eigenvalue weighted by molar-refractivity contribution is 6.18. The van der Waals surface area contributed by atoms with Crippen LogP contribution < -0.4 is 9.47 Å². The molecule has 0 radical (unpaired) electrons. The molecule has 4 aromatic rings. The van der Waals surface area contributed by atoms with E-state index in [1.807, 2.05) is 0 Å². The number of ketones is 2. The molecule has 2 aliphatic carbocycles. The molecule has 12 N–H and O–H groups in total. The van der Waals surface area contributed by atoms with Gasteiger partial charge in [0.05, 0.1) is 46.6 Å². The number of carboxylic acids is 2. The Morgan fingerprint density at radius 1 is 0.516 bits per heavy atom. The monoisotopic (exact) mass is 862 g/mol. The van der Waals surface area contributed by atoms with E-state index in [1.165, 1.54) is 36.4 Å². The molecule has 4 aromatic carbocycles. The maximum absolute atomic E-state index is 14.7. The van der Waals surface area contributed by atoms with Gasteiger partial charge in [-0.15, -0.1) is 0 Å². The average Bonchev–Trinajstić information content (AvgIpc) is 3.24. The number of hydrogen-bond donors (Lipinski definition) is 12. The molecule has 1 unspecified atom stereocenters. The van der Waals surface area contributed by atoms with Crippen LogP contribution in [0.15, 0.2) is 60.7 Å². The second-order valence-corrected chi connectivity index (χ2v) is 15.2. The van der Waals surface area contributed by atoms with Crippen LogP contribution in [-0.4, -0.2) is 159 Å². The van der Waals surface area contributed by atoms with Gasteiger partial charge in [0.2, 0.25) is 24.1 Å². The number of rotatable bonds is 9. The van der Waals surface area contributed by atoms with E-state index in [0.717, 1.165) is 24.3 Å². The summed E-state index contributed by atoms with van der Waals surface area (Å²) in [6.07, 6.45) is -17.7. The van der Waals surface area contributed by atoms with Gasteiger partial charge in [-0.25, -0.2) is 9.59 Å². The number of carboxylic acid groups (broad SMARTS) is 2. The van der Waals surface area contributed by atoms with Crippen molar-refractivity contribution in [2.24, 2.45) is 0 Å². The first-order valence-electron chi connectivity index (χ1n) is 19.0. The molecule has 2 aliphatic heterocycles. The Bertz CT molecular complexity index is 2330. The molecular weight excluding hydrogens is 824 g/mol. The quantitative estimate of drug-likeness (QED) is 0.0950. The molecular formula is C42H38O20. The molecule has 20 nitrogen and oxygen atoms in total. The number of phenolic OH excluding ortho intramolecular Hbond substituents is 2. The van der Waals surface area contributed by atoms with Crippen molar-refractivity contribution in [1.82, 2.24) is 0 Å². The van der Waals surface area contributed by atoms with E-state index >= 15 is 0 Å². The Morgan fingerprint density at radius 2 is 0.887 bits per heavy atom. The molecule has 62 heavy (non-hydrogen) atoms. The average molecular weight is 863 g/mol. The van der Waals surface area contributed by atoms with Gasteiger partial charge in [0.15, 0.2) is 0 Å². The van der Waals surface area contributed by atoms with Crippen molar-refractivity contribution in [3.05, 3.63) is 116 Å². The lowest BCUT2D eigenvalue weighted by Gasteiger charge is -2.41. The summed E-state index contributed by atoms with van der Waals surface area (Å²) >= 11 is 0. The van der Waals surface area contributed by atoms with Crippen molar-refractivity contribution in [1.29, 1.82) is 0 Å². The van der Waals surface area contributed by atoms with Gasteiger partial charge in [0, 0.05) is 11.8 Å². The molecule has 0 aromatic heterocycles. The van der Waals surface area contributed by atoms with E-state index in [4.69, 9.17) is 18.9 Å². The van der Waals surface area contributed by atoms with Gasteiger partial charge in [0.25, 0.3) is 0 Å². The lowest BCUT2D eigenvalue weighted by molar-refractivity contribution is -0.277. The largest absolute Gasteiger partial charge is 0.507 e. The summed E-state index contributed by atoms with van der Waals surface area (Å²) in [7, 11) is 0. The van der Waals surface area contributed by atoms with Gasteiger partial charge in [-0.2, -0.15) is 0 Å². The van der Waals surface area contributed by atoms with Gasteiger partial charge >= 0.3 is 11.9 Å². The minimum Gasteiger partial charge on any atom is -0.507 e. The van der Waals surface area contributed by atoms with Crippen LogP contribution in [0.5, 0.6) is 23.0 Å². The second-order valence-electron chi connectivity index (χ2n) is 15.2. The number of carbonyl (C=O) groups excluding carboxylic acids is 2. The Morgan fingerprint density at radius 3 is 1.23 bits per heavy atom. The van der Waals surface area contributed by atoms with E-state index < -0.39 is 144 Å². The predicted octanol–water partition coefficient (Wildman–Crippen LogP) is -1.10. The van der Waals surface area contributed by atoms with Gasteiger partial charge < -0.3 is 80.2 Å². The Balaban J connectivity index is 1.38. The van der Waals surface area contributed by atoms with Crippen LogP contribution in [0.25, 0.3) is 0 Å². The first-order valence-corrected chi connectivity index (χ1v) is 19.0. The fourth-order valence-electron chi connectivity index (χ4n) is 8.71. The molecule has 2 saturated heterocycles. The molecule has 8 rings (SSSR count). The Labute approximate surface area is 348 Å². The van der Waals surface area contributed by atoms with E-state index in [0.29, 0.717) is 0 Å². The highest BCUT2D eigenvalue weighted by Gasteiger charge is 2.50. The molecule has 2 fully saturated rings. The van der Waals surface area contributed by atoms with Crippen molar-refractivity contribution in [2.45, 2.75) is 73.2 Å². The number of ether oxygens (including phenoxy) is 4. The van der Waals surface area contributed by atoms with Gasteiger partial charge in [-0.1, -0.05) is 24.3 Å². The smallest absolute Gasteiger partial charge is 0.335 e. The molecule has 326 valence electrons. The zero-order chi connectivity index (χ0) is 44.6. The summed E-state index contributed by atoms with van der Waals surface area (Å²) in [5, 5.41) is 126. The first-order chi connectivity index (χ1) is 29.5. The Kier molecular flexibility index (Phi) is 11.0. The molecule has 0 amide bonds. The molecule has 4 aliphatic rings. The van der Waals surface area contributed by atoms with E-state index in [-0.39, 0.29) is 44.9 Å². The molecule has 0 saturated carbocycles. The summed E-state index contributed by atoms with van der Waals surface area (Å²) in [5.74, 6) is -10.1. The van der Waals surface area contributed by atoms with Crippen LogP contribution in [0.3, 0.4) is 0 Å². The minimum absolute atomic E-state index is 0.00301. The number of aliphatic hydroxyl groups is 8. The van der Waals surface area contributed by atoms with Gasteiger partial charge in [-0.05, 0) is 58.7 Å². The van der Waals surface area contributed by atoms with Crippen molar-refractivity contribution in [3.8, 4) is 23.0 Å². The summed E-state index contributed by atoms with van der Waals surface area (Å²) in [6, 6.07) is 11.9. The Hall–Kier alpha value is -6.04. The fourth-order valence-corrected chi connectivity index (χ4v) is 8.71. The zero-order valence-electron chi connectivity index (χ0n) is 31.7. The third kappa shape index (κ3) is 6.73. The number of benzene rings is 4. The van der Waals surface area contributed by atoms with Crippen LogP contribution in [0.2, 0.25) is 0 Å². The number of aliphatic hydroxyl groups excluding tert-OH is 8. The lowest BCUT2D eigenvalue weighted by atomic mass is 9.63. The highest BCUT2D eigenvalue weighted by Crippen LogP contribution is 2.56. The number of phenols is 2. The van der Waals surface area contributed by atoms with Crippen LogP contribution in [0, 0.1) is 0 Å². The van der Waals surface area contributed by atoms with Crippen molar-refractivity contribution in [2.75, 3.05) is 13.2 Å². The van der Waals surface area contributed by atoms with Gasteiger partial charge in [0.1, 0.15) is 71.8 Å². The van der Waals surface area contributed by atoms with Gasteiger partial charge in [-0.3, -0.25) is 9.59 Å². The molecule has 12 atom stereocenters. The normalized spacial score (nSPS) is 30.1. The van der Waals surface area contributed by atoms with Crippen LogP contribution >= 0.6 is 0 Å². The molecule has 20 heteroatoms.